The van der Waals surface area contributed by atoms with E-state index in [1.165, 1.54) is 0 Å². The summed E-state index contributed by atoms with van der Waals surface area (Å²) in [5, 5.41) is 8.04. The molecule has 1 N–H and O–H groups in total. The number of hydrogen-bond acceptors (Lipinski definition) is 3. The fraction of sp³-hybridized carbons (Fsp3) is 0.462. The van der Waals surface area contributed by atoms with Gasteiger partial charge in [0.2, 0.25) is 0 Å². The third-order valence-corrected chi connectivity index (χ3v) is 3.54. The summed E-state index contributed by atoms with van der Waals surface area (Å²) in [5.41, 5.74) is 1.15. The number of halogens is 1. The van der Waals surface area contributed by atoms with Gasteiger partial charge in [0.15, 0.2) is 5.11 Å². The van der Waals surface area contributed by atoms with E-state index >= 15 is 0 Å². The van der Waals surface area contributed by atoms with Crippen molar-refractivity contribution in [2.24, 2.45) is 5.92 Å². The number of carbonyl (C=O) groups excluding carboxylic acids is 1. The van der Waals surface area contributed by atoms with Crippen molar-refractivity contribution in [3.8, 4) is 0 Å². The van der Waals surface area contributed by atoms with Crippen LogP contribution in [0, 0.1) is 5.92 Å². The maximum atomic E-state index is 12.3. The van der Waals surface area contributed by atoms with Crippen LogP contribution in [0.25, 0.3) is 6.08 Å². The van der Waals surface area contributed by atoms with Gasteiger partial charge in [0, 0.05) is 13.1 Å². The van der Waals surface area contributed by atoms with Gasteiger partial charge in [-0.1, -0.05) is 25.4 Å². The van der Waals surface area contributed by atoms with Gasteiger partial charge in [0.25, 0.3) is 5.91 Å². The quantitative estimate of drug-likeness (QED) is 0.684. The molecule has 20 heavy (non-hydrogen) atoms. The largest absolute Gasteiger partial charge is 0.328 e. The molecule has 1 aliphatic heterocycles. The number of nitrogens with zero attached hydrogens (tertiary/aromatic N) is 3. The van der Waals surface area contributed by atoms with E-state index < -0.39 is 0 Å². The number of aryl methyl sites for hydroxylation is 1. The van der Waals surface area contributed by atoms with E-state index in [1.807, 2.05) is 20.8 Å². The lowest BCUT2D eigenvalue weighted by atomic mass is 10.2. The summed E-state index contributed by atoms with van der Waals surface area (Å²) >= 11 is 11.3. The Morgan fingerprint density at radius 2 is 2.25 bits per heavy atom. The number of nitrogens with one attached hydrogen (secondary N) is 1. The third kappa shape index (κ3) is 2.86. The monoisotopic (exact) mass is 312 g/mol. The zero-order chi connectivity index (χ0) is 14.9. The summed E-state index contributed by atoms with van der Waals surface area (Å²) in [6.45, 7) is 7.33. The molecule has 2 rings (SSSR count). The second-order valence-electron chi connectivity index (χ2n) is 4.99. The molecule has 1 fully saturated rings. The van der Waals surface area contributed by atoms with Crippen LogP contribution in [-0.4, -0.2) is 32.2 Å². The molecule has 0 spiro atoms. The Balaban J connectivity index is 2.30. The second-order valence-corrected chi connectivity index (χ2v) is 5.79. The van der Waals surface area contributed by atoms with Crippen LogP contribution in [-0.2, 0) is 11.3 Å². The Morgan fingerprint density at radius 3 is 2.85 bits per heavy atom. The first-order valence-electron chi connectivity index (χ1n) is 6.49. The van der Waals surface area contributed by atoms with Crippen LogP contribution < -0.4 is 5.32 Å². The van der Waals surface area contributed by atoms with Crippen molar-refractivity contribution in [3.63, 3.8) is 0 Å². The predicted octanol–water partition coefficient (Wildman–Crippen LogP) is 2.27. The molecule has 1 aromatic heterocycles. The van der Waals surface area contributed by atoms with E-state index in [-0.39, 0.29) is 5.91 Å². The molecule has 1 amide bonds. The van der Waals surface area contributed by atoms with Gasteiger partial charge in [-0.05, 0) is 31.1 Å². The minimum Gasteiger partial charge on any atom is -0.328 e. The minimum atomic E-state index is -0.122. The third-order valence-electron chi connectivity index (χ3n) is 2.92. The van der Waals surface area contributed by atoms with Crippen LogP contribution in [0.4, 0.5) is 0 Å². The van der Waals surface area contributed by atoms with Crippen LogP contribution in [0.2, 0.25) is 5.02 Å². The van der Waals surface area contributed by atoms with Crippen molar-refractivity contribution < 1.29 is 4.79 Å². The van der Waals surface area contributed by atoms with Gasteiger partial charge in [-0.25, -0.2) is 0 Å². The summed E-state index contributed by atoms with van der Waals surface area (Å²) in [6.07, 6.45) is 3.27. The highest BCUT2D eigenvalue weighted by Gasteiger charge is 2.31. The van der Waals surface area contributed by atoms with Gasteiger partial charge in [-0.2, -0.15) is 5.10 Å². The van der Waals surface area contributed by atoms with Gasteiger partial charge in [-0.3, -0.25) is 14.4 Å². The fourth-order valence-electron chi connectivity index (χ4n) is 2.01. The predicted molar refractivity (Wildman–Crippen MR) is 83.2 cm³/mol. The normalized spacial score (nSPS) is 17.4. The molecule has 0 saturated carbocycles. The number of rotatable bonds is 4. The fourth-order valence-corrected chi connectivity index (χ4v) is 2.47. The topological polar surface area (TPSA) is 50.2 Å². The van der Waals surface area contributed by atoms with Gasteiger partial charge in [-0.15, -0.1) is 0 Å². The highest BCUT2D eigenvalue weighted by molar-refractivity contribution is 7.80. The van der Waals surface area contributed by atoms with E-state index in [2.05, 4.69) is 10.4 Å². The zero-order valence-corrected chi connectivity index (χ0v) is 13.3. The molecular formula is C13H17ClN4OS. The average molecular weight is 313 g/mol. The average Bonchev–Trinajstić information content (AvgIpc) is 2.86. The van der Waals surface area contributed by atoms with Crippen molar-refractivity contribution >= 4 is 40.9 Å². The first-order valence-corrected chi connectivity index (χ1v) is 7.28. The molecule has 2 heterocycles. The van der Waals surface area contributed by atoms with E-state index in [0.717, 1.165) is 0 Å². The summed E-state index contributed by atoms with van der Waals surface area (Å²) in [4.78, 5) is 13.9. The maximum absolute atomic E-state index is 12.3. The molecule has 0 bridgehead atoms. The van der Waals surface area contributed by atoms with E-state index in [9.17, 15) is 4.79 Å². The Morgan fingerprint density at radius 1 is 1.55 bits per heavy atom. The van der Waals surface area contributed by atoms with Crippen molar-refractivity contribution in [3.05, 3.63) is 22.6 Å². The van der Waals surface area contributed by atoms with Gasteiger partial charge in [0.05, 0.1) is 16.9 Å². The molecule has 0 radical (unpaired) electrons. The second kappa shape index (κ2) is 5.93. The van der Waals surface area contributed by atoms with E-state index in [0.29, 0.717) is 40.5 Å². The molecule has 7 heteroatoms. The molecule has 0 aromatic carbocycles. The molecule has 1 aliphatic rings. The molecule has 0 aliphatic carbocycles. The molecule has 0 unspecified atom stereocenters. The van der Waals surface area contributed by atoms with Crippen molar-refractivity contribution in [2.75, 3.05) is 6.54 Å². The first kappa shape index (κ1) is 15.0. The maximum Gasteiger partial charge on any atom is 0.276 e. The van der Waals surface area contributed by atoms with Crippen LogP contribution in [0.15, 0.2) is 11.9 Å². The number of thiocarbonyl (C=S) groups is 1. The highest BCUT2D eigenvalue weighted by atomic mass is 35.5. The molecule has 1 saturated heterocycles. The van der Waals surface area contributed by atoms with Crippen LogP contribution >= 0.6 is 23.8 Å². The number of aromatic nitrogens is 2. The standard InChI is InChI=1S/C13H17ClN4OS/c1-4-18-11(9(14)6-15-18)5-10-12(19)17(7-8(2)3)13(20)16-10/h5-6,8H,4,7H2,1-3H3,(H,16,20)/b10-5+. The summed E-state index contributed by atoms with van der Waals surface area (Å²) in [7, 11) is 0. The van der Waals surface area contributed by atoms with E-state index in [1.54, 1.807) is 21.9 Å². The van der Waals surface area contributed by atoms with Crippen molar-refractivity contribution in [1.29, 1.82) is 0 Å². The minimum absolute atomic E-state index is 0.122. The van der Waals surface area contributed by atoms with Crippen molar-refractivity contribution in [1.82, 2.24) is 20.0 Å². The van der Waals surface area contributed by atoms with Crippen LogP contribution in [0.3, 0.4) is 0 Å². The Hall–Kier alpha value is -1.40. The summed E-state index contributed by atoms with van der Waals surface area (Å²) in [6, 6.07) is 0. The number of amides is 1. The van der Waals surface area contributed by atoms with Gasteiger partial charge >= 0.3 is 0 Å². The lowest BCUT2D eigenvalue weighted by Gasteiger charge is -2.15. The Labute approximate surface area is 128 Å². The van der Waals surface area contributed by atoms with Gasteiger partial charge in [0.1, 0.15) is 5.70 Å². The van der Waals surface area contributed by atoms with E-state index in [4.69, 9.17) is 23.8 Å². The van der Waals surface area contributed by atoms with Crippen molar-refractivity contribution in [2.45, 2.75) is 27.3 Å². The lowest BCUT2D eigenvalue weighted by Crippen LogP contribution is -2.33. The summed E-state index contributed by atoms with van der Waals surface area (Å²) in [5.74, 6) is 0.228. The van der Waals surface area contributed by atoms with Gasteiger partial charge < -0.3 is 5.32 Å². The molecule has 108 valence electrons. The highest BCUT2D eigenvalue weighted by Crippen LogP contribution is 2.21. The molecule has 0 atom stereocenters. The molecule has 1 aromatic rings. The smallest absolute Gasteiger partial charge is 0.276 e. The number of carbonyl (C=O) groups is 1. The lowest BCUT2D eigenvalue weighted by molar-refractivity contribution is -0.122. The van der Waals surface area contributed by atoms with Crippen LogP contribution in [0.5, 0.6) is 0 Å². The molecule has 5 nitrogen and oxygen atoms in total. The number of hydrogen-bond donors (Lipinski definition) is 1. The Bertz CT molecular complexity index is 579. The Kier molecular flexibility index (Phi) is 4.45. The zero-order valence-electron chi connectivity index (χ0n) is 11.7. The first-order chi connectivity index (χ1) is 9.43. The SMILES string of the molecule is CCn1ncc(Cl)c1/C=C1/NC(=S)N(CC(C)C)C1=O. The summed E-state index contributed by atoms with van der Waals surface area (Å²) < 4.78 is 1.73. The van der Waals surface area contributed by atoms with Crippen LogP contribution in [0.1, 0.15) is 26.5 Å². The molecular weight excluding hydrogens is 296 g/mol.